The fourth-order valence-electron chi connectivity index (χ4n) is 1.62. The van der Waals surface area contributed by atoms with Crippen LogP contribution in [0.4, 0.5) is 4.39 Å². The van der Waals surface area contributed by atoms with E-state index < -0.39 is 17.6 Å². The summed E-state index contributed by atoms with van der Waals surface area (Å²) in [7, 11) is 0. The van der Waals surface area contributed by atoms with Crippen molar-refractivity contribution in [2.75, 3.05) is 0 Å². The van der Waals surface area contributed by atoms with Crippen LogP contribution in [0.15, 0.2) is 30.3 Å². The lowest BCUT2D eigenvalue weighted by Gasteiger charge is -2.26. The number of halogens is 1. The summed E-state index contributed by atoms with van der Waals surface area (Å²) in [6, 6.07) is 8.92. The van der Waals surface area contributed by atoms with Crippen LogP contribution in [-0.4, -0.2) is 16.7 Å². The van der Waals surface area contributed by atoms with E-state index in [0.717, 1.165) is 5.56 Å². The topological polar surface area (TPSA) is 37.3 Å². The van der Waals surface area contributed by atoms with Crippen LogP contribution in [0.5, 0.6) is 0 Å². The Morgan fingerprint density at radius 2 is 1.93 bits per heavy atom. The first kappa shape index (κ1) is 11.7. The third kappa shape index (κ3) is 3.35. The molecule has 1 aromatic rings. The Balaban J connectivity index is 2.97. The number of carboxylic acid groups (broad SMARTS) is 1. The third-order valence-corrected chi connectivity index (χ3v) is 2.41. The lowest BCUT2D eigenvalue weighted by Crippen LogP contribution is -2.26. The van der Waals surface area contributed by atoms with Crippen LogP contribution in [-0.2, 0) is 4.79 Å². The normalized spacial score (nSPS) is 13.5. The number of carboxylic acids is 1. The van der Waals surface area contributed by atoms with Gasteiger partial charge in [-0.05, 0) is 19.4 Å². The summed E-state index contributed by atoms with van der Waals surface area (Å²) in [5, 5.41) is 8.74. The fraction of sp³-hybridized carbons (Fsp3) is 0.417. The van der Waals surface area contributed by atoms with Crippen LogP contribution < -0.4 is 0 Å². The number of benzene rings is 1. The minimum absolute atomic E-state index is 0.187. The Kier molecular flexibility index (Phi) is 3.45. The summed E-state index contributed by atoms with van der Waals surface area (Å²) in [5.74, 6) is -1.58. The van der Waals surface area contributed by atoms with E-state index in [9.17, 15) is 9.18 Å². The molecule has 15 heavy (non-hydrogen) atoms. The first-order chi connectivity index (χ1) is 6.91. The van der Waals surface area contributed by atoms with Crippen molar-refractivity contribution in [2.45, 2.75) is 31.9 Å². The van der Waals surface area contributed by atoms with Gasteiger partial charge in [-0.3, -0.25) is 4.79 Å². The summed E-state index contributed by atoms with van der Waals surface area (Å²) in [4.78, 5) is 10.7. The summed E-state index contributed by atoms with van der Waals surface area (Å²) >= 11 is 0. The zero-order chi connectivity index (χ0) is 11.5. The Bertz CT molecular complexity index is 327. The van der Waals surface area contributed by atoms with Gasteiger partial charge in [0.1, 0.15) is 5.67 Å². The summed E-state index contributed by atoms with van der Waals surface area (Å²) < 4.78 is 13.8. The molecule has 82 valence electrons. The average molecular weight is 210 g/mol. The van der Waals surface area contributed by atoms with Crippen molar-refractivity contribution in [3.8, 4) is 0 Å². The van der Waals surface area contributed by atoms with Gasteiger partial charge in [-0.15, -0.1) is 0 Å². The van der Waals surface area contributed by atoms with Gasteiger partial charge in [0.25, 0.3) is 0 Å². The molecule has 0 heterocycles. The lowest BCUT2D eigenvalue weighted by molar-refractivity contribution is -0.138. The van der Waals surface area contributed by atoms with E-state index in [2.05, 4.69) is 0 Å². The molecule has 0 amide bonds. The molecule has 0 bridgehead atoms. The highest BCUT2D eigenvalue weighted by molar-refractivity contribution is 5.68. The minimum atomic E-state index is -1.53. The van der Waals surface area contributed by atoms with Crippen molar-refractivity contribution >= 4 is 5.97 Å². The van der Waals surface area contributed by atoms with E-state index >= 15 is 0 Å². The van der Waals surface area contributed by atoms with Gasteiger partial charge in [-0.25, -0.2) is 4.39 Å². The largest absolute Gasteiger partial charge is 0.481 e. The molecule has 0 aliphatic heterocycles. The maximum atomic E-state index is 13.8. The van der Waals surface area contributed by atoms with E-state index in [1.807, 2.05) is 6.07 Å². The van der Waals surface area contributed by atoms with Crippen LogP contribution in [0.3, 0.4) is 0 Å². The fourth-order valence-corrected chi connectivity index (χ4v) is 1.62. The predicted octanol–water partition coefficient (Wildman–Crippen LogP) is 2.99. The van der Waals surface area contributed by atoms with Crippen LogP contribution in [0, 0.1) is 0 Å². The van der Waals surface area contributed by atoms with Crippen LogP contribution in [0.1, 0.15) is 31.7 Å². The molecule has 0 aliphatic rings. The van der Waals surface area contributed by atoms with Gasteiger partial charge >= 0.3 is 5.97 Å². The Hall–Kier alpha value is -1.38. The maximum Gasteiger partial charge on any atom is 0.304 e. The number of aliphatic carboxylic acids is 1. The second kappa shape index (κ2) is 4.43. The molecule has 0 aromatic heterocycles. The molecule has 1 aromatic carbocycles. The molecule has 0 aliphatic carbocycles. The number of carbonyl (C=O) groups is 1. The van der Waals surface area contributed by atoms with E-state index in [-0.39, 0.29) is 6.42 Å². The first-order valence-corrected chi connectivity index (χ1v) is 4.87. The molecule has 1 N–H and O–H groups in total. The lowest BCUT2D eigenvalue weighted by atomic mass is 9.83. The Morgan fingerprint density at radius 3 is 2.33 bits per heavy atom. The maximum absolute atomic E-state index is 13.8. The van der Waals surface area contributed by atoms with E-state index in [1.165, 1.54) is 13.8 Å². The zero-order valence-electron chi connectivity index (χ0n) is 8.90. The van der Waals surface area contributed by atoms with Crippen molar-refractivity contribution in [1.82, 2.24) is 0 Å². The number of alkyl halides is 1. The highest BCUT2D eigenvalue weighted by atomic mass is 19.1. The molecular formula is C12H15FO2. The van der Waals surface area contributed by atoms with E-state index in [1.54, 1.807) is 24.3 Å². The second-order valence-electron chi connectivity index (χ2n) is 4.13. The molecule has 0 radical (unpaired) electrons. The molecule has 1 unspecified atom stereocenters. The van der Waals surface area contributed by atoms with Gasteiger partial charge in [-0.2, -0.15) is 0 Å². The monoisotopic (exact) mass is 210 g/mol. The summed E-state index contributed by atoms with van der Waals surface area (Å²) in [6.45, 7) is 2.82. The Labute approximate surface area is 88.7 Å². The van der Waals surface area contributed by atoms with Gasteiger partial charge in [0.15, 0.2) is 0 Å². The second-order valence-corrected chi connectivity index (χ2v) is 4.13. The molecule has 0 saturated heterocycles. The molecule has 0 fully saturated rings. The standard InChI is InChI=1S/C12H15FO2/c1-12(2,13)10(8-11(14)15)9-6-4-3-5-7-9/h3-7,10H,8H2,1-2H3,(H,14,15). The summed E-state index contributed by atoms with van der Waals surface area (Å²) in [6.07, 6.45) is -0.187. The smallest absolute Gasteiger partial charge is 0.304 e. The number of hydrogen-bond acceptors (Lipinski definition) is 1. The van der Waals surface area contributed by atoms with Crippen LogP contribution in [0.2, 0.25) is 0 Å². The quantitative estimate of drug-likeness (QED) is 0.829. The van der Waals surface area contributed by atoms with Crippen molar-refractivity contribution in [2.24, 2.45) is 0 Å². The highest BCUT2D eigenvalue weighted by Crippen LogP contribution is 2.33. The van der Waals surface area contributed by atoms with Crippen LogP contribution in [0.25, 0.3) is 0 Å². The first-order valence-electron chi connectivity index (χ1n) is 4.87. The van der Waals surface area contributed by atoms with Gasteiger partial charge in [0, 0.05) is 5.92 Å². The average Bonchev–Trinajstić information content (AvgIpc) is 2.14. The number of rotatable bonds is 4. The molecule has 1 atom stereocenters. The van der Waals surface area contributed by atoms with Gasteiger partial charge in [-0.1, -0.05) is 30.3 Å². The molecule has 0 spiro atoms. The number of hydrogen-bond donors (Lipinski definition) is 1. The van der Waals surface area contributed by atoms with Crippen LogP contribution >= 0.6 is 0 Å². The van der Waals surface area contributed by atoms with Crippen molar-refractivity contribution < 1.29 is 14.3 Å². The molecule has 0 saturated carbocycles. The summed E-state index contributed by atoms with van der Waals surface area (Å²) in [5.41, 5.74) is -0.799. The van der Waals surface area contributed by atoms with Crippen molar-refractivity contribution in [1.29, 1.82) is 0 Å². The van der Waals surface area contributed by atoms with Crippen molar-refractivity contribution in [3.05, 3.63) is 35.9 Å². The van der Waals surface area contributed by atoms with Crippen molar-refractivity contribution in [3.63, 3.8) is 0 Å². The predicted molar refractivity (Wildman–Crippen MR) is 56.6 cm³/mol. The SMILES string of the molecule is CC(C)(F)C(CC(=O)O)c1ccccc1. The van der Waals surface area contributed by atoms with E-state index in [0.29, 0.717) is 0 Å². The van der Waals surface area contributed by atoms with E-state index in [4.69, 9.17) is 5.11 Å². The third-order valence-electron chi connectivity index (χ3n) is 2.41. The molecule has 1 rings (SSSR count). The Morgan fingerprint density at radius 1 is 1.40 bits per heavy atom. The van der Waals surface area contributed by atoms with Gasteiger partial charge in [0.2, 0.25) is 0 Å². The zero-order valence-corrected chi connectivity index (χ0v) is 8.90. The minimum Gasteiger partial charge on any atom is -0.481 e. The highest BCUT2D eigenvalue weighted by Gasteiger charge is 2.32. The van der Waals surface area contributed by atoms with Gasteiger partial charge < -0.3 is 5.11 Å². The van der Waals surface area contributed by atoms with Gasteiger partial charge in [0.05, 0.1) is 6.42 Å². The molecule has 3 heteroatoms. The molecular weight excluding hydrogens is 195 g/mol. The molecule has 2 nitrogen and oxygen atoms in total.